The lowest BCUT2D eigenvalue weighted by molar-refractivity contribution is -0.384. The van der Waals surface area contributed by atoms with Gasteiger partial charge in [-0.1, -0.05) is 30.3 Å². The molecule has 0 atom stereocenters. The number of amides is 1. The maximum atomic E-state index is 12.8. The molecule has 4 rings (SSSR count). The zero-order valence-electron chi connectivity index (χ0n) is 18.4. The molecule has 11 heteroatoms. The SMILES string of the molecule is NS(=O)(=O)Cc1ccc(NC(=O)Cc2cn(-c3ccccc3)nc2-c2ccc([N+](=O)[O-])cc2)cc1. The van der Waals surface area contributed by atoms with E-state index in [0.717, 1.165) is 5.69 Å². The van der Waals surface area contributed by atoms with E-state index < -0.39 is 14.9 Å². The van der Waals surface area contributed by atoms with Crippen LogP contribution in [0.2, 0.25) is 0 Å². The summed E-state index contributed by atoms with van der Waals surface area (Å²) in [6.45, 7) is 0. The Morgan fingerprint density at radius 2 is 1.66 bits per heavy atom. The Morgan fingerprint density at radius 3 is 2.26 bits per heavy atom. The van der Waals surface area contributed by atoms with Gasteiger partial charge in [-0.3, -0.25) is 14.9 Å². The molecule has 0 saturated carbocycles. The van der Waals surface area contributed by atoms with E-state index in [4.69, 9.17) is 5.14 Å². The predicted molar refractivity (Wildman–Crippen MR) is 131 cm³/mol. The van der Waals surface area contributed by atoms with Gasteiger partial charge in [0.25, 0.3) is 5.69 Å². The van der Waals surface area contributed by atoms with E-state index >= 15 is 0 Å². The van der Waals surface area contributed by atoms with Crippen molar-refractivity contribution in [3.63, 3.8) is 0 Å². The first kappa shape index (κ1) is 23.8. The lowest BCUT2D eigenvalue weighted by atomic mass is 10.1. The van der Waals surface area contributed by atoms with Crippen LogP contribution in [0, 0.1) is 10.1 Å². The van der Waals surface area contributed by atoms with Crippen molar-refractivity contribution in [2.75, 3.05) is 5.32 Å². The Morgan fingerprint density at radius 1 is 1.00 bits per heavy atom. The molecule has 0 aliphatic heterocycles. The van der Waals surface area contributed by atoms with Crippen molar-refractivity contribution < 1.29 is 18.1 Å². The zero-order chi connectivity index (χ0) is 25.0. The van der Waals surface area contributed by atoms with Crippen molar-refractivity contribution >= 4 is 27.3 Å². The molecule has 3 aromatic carbocycles. The fraction of sp³-hybridized carbons (Fsp3) is 0.0833. The Hall–Kier alpha value is -4.35. The minimum absolute atomic E-state index is 0.00190. The number of hydrogen-bond donors (Lipinski definition) is 2. The molecule has 1 heterocycles. The van der Waals surface area contributed by atoms with Crippen LogP contribution in [0.3, 0.4) is 0 Å². The predicted octanol–water partition coefficient (Wildman–Crippen LogP) is 3.42. The highest BCUT2D eigenvalue weighted by Gasteiger charge is 2.17. The number of primary sulfonamides is 1. The number of nitro benzene ring substituents is 1. The number of non-ortho nitro benzene ring substituents is 1. The molecule has 1 amide bonds. The van der Waals surface area contributed by atoms with Crippen LogP contribution in [0.5, 0.6) is 0 Å². The highest BCUT2D eigenvalue weighted by atomic mass is 32.2. The number of hydrogen-bond acceptors (Lipinski definition) is 6. The van der Waals surface area contributed by atoms with Crippen LogP contribution in [0.4, 0.5) is 11.4 Å². The number of benzene rings is 3. The number of nitrogens with zero attached hydrogens (tertiary/aromatic N) is 3. The molecule has 1 aromatic heterocycles. The van der Waals surface area contributed by atoms with E-state index in [2.05, 4.69) is 10.4 Å². The minimum Gasteiger partial charge on any atom is -0.326 e. The third kappa shape index (κ3) is 6.16. The van der Waals surface area contributed by atoms with Gasteiger partial charge in [0, 0.05) is 35.1 Å². The zero-order valence-corrected chi connectivity index (χ0v) is 19.2. The molecule has 3 N–H and O–H groups in total. The van der Waals surface area contributed by atoms with Gasteiger partial charge in [-0.2, -0.15) is 5.10 Å². The molecule has 0 saturated heterocycles. The molecule has 0 bridgehead atoms. The molecule has 4 aromatic rings. The number of nitrogens with two attached hydrogens (primary N) is 1. The topological polar surface area (TPSA) is 150 Å². The number of nitrogens with one attached hydrogen (secondary N) is 1. The Labute approximate surface area is 201 Å². The van der Waals surface area contributed by atoms with Gasteiger partial charge >= 0.3 is 0 Å². The number of anilines is 1. The molecule has 10 nitrogen and oxygen atoms in total. The first-order valence-corrected chi connectivity index (χ1v) is 12.2. The van der Waals surface area contributed by atoms with Crippen molar-refractivity contribution in [2.45, 2.75) is 12.2 Å². The molecular weight excluding hydrogens is 470 g/mol. The first-order valence-electron chi connectivity index (χ1n) is 10.5. The monoisotopic (exact) mass is 491 g/mol. The maximum absolute atomic E-state index is 12.8. The van der Waals surface area contributed by atoms with Crippen LogP contribution in [0.15, 0.2) is 85.1 Å². The van der Waals surface area contributed by atoms with Crippen LogP contribution in [0.1, 0.15) is 11.1 Å². The van der Waals surface area contributed by atoms with E-state index in [-0.39, 0.29) is 23.8 Å². The van der Waals surface area contributed by atoms with Gasteiger partial charge in [0.15, 0.2) is 0 Å². The average Bonchev–Trinajstić information content (AvgIpc) is 3.23. The third-order valence-corrected chi connectivity index (χ3v) is 5.85. The molecule has 178 valence electrons. The van der Waals surface area contributed by atoms with Gasteiger partial charge in [0.05, 0.1) is 28.5 Å². The van der Waals surface area contributed by atoms with Crippen LogP contribution in [0.25, 0.3) is 16.9 Å². The number of carbonyl (C=O) groups excluding carboxylic acids is 1. The van der Waals surface area contributed by atoms with Gasteiger partial charge < -0.3 is 5.32 Å². The summed E-state index contributed by atoms with van der Waals surface area (Å²) in [7, 11) is -3.65. The Kier molecular flexibility index (Phi) is 6.71. The summed E-state index contributed by atoms with van der Waals surface area (Å²) in [5, 5.41) is 23.5. The number of rotatable bonds is 8. The van der Waals surface area contributed by atoms with Crippen LogP contribution in [-0.2, 0) is 27.0 Å². The Balaban J connectivity index is 1.58. The number of carbonyl (C=O) groups is 1. The van der Waals surface area contributed by atoms with E-state index in [1.165, 1.54) is 12.1 Å². The summed E-state index contributed by atoms with van der Waals surface area (Å²) in [5.41, 5.74) is 3.57. The molecule has 0 fully saturated rings. The molecule has 0 unspecified atom stereocenters. The second-order valence-electron chi connectivity index (χ2n) is 7.82. The summed E-state index contributed by atoms with van der Waals surface area (Å²) in [6.07, 6.45) is 1.75. The molecular formula is C24H21N5O5S. The standard InChI is InChI=1S/C24H21N5O5S/c25-35(33,34)16-17-6-10-20(11-7-17)26-23(30)14-19-15-28(21-4-2-1-3-5-21)27-24(19)18-8-12-22(13-9-18)29(31)32/h1-13,15H,14,16H2,(H,26,30)(H2,25,33,34). The molecule has 0 aliphatic rings. The van der Waals surface area contributed by atoms with Crippen molar-refractivity contribution in [3.8, 4) is 16.9 Å². The summed E-state index contributed by atoms with van der Waals surface area (Å²) in [5.74, 6) is -0.599. The molecule has 35 heavy (non-hydrogen) atoms. The van der Waals surface area contributed by atoms with Crippen molar-refractivity contribution in [3.05, 3.63) is 106 Å². The van der Waals surface area contributed by atoms with E-state index in [1.54, 1.807) is 47.3 Å². The quantitative estimate of drug-likeness (QED) is 0.285. The number of para-hydroxylation sites is 1. The summed E-state index contributed by atoms with van der Waals surface area (Å²) >= 11 is 0. The summed E-state index contributed by atoms with van der Waals surface area (Å²) < 4.78 is 24.1. The maximum Gasteiger partial charge on any atom is 0.269 e. The van der Waals surface area contributed by atoms with Crippen molar-refractivity contribution in [1.29, 1.82) is 0 Å². The minimum atomic E-state index is -3.65. The normalized spacial score (nSPS) is 11.2. The third-order valence-electron chi connectivity index (χ3n) is 5.12. The van der Waals surface area contributed by atoms with Gasteiger partial charge in [0.2, 0.25) is 15.9 Å². The first-order chi connectivity index (χ1) is 16.7. The summed E-state index contributed by atoms with van der Waals surface area (Å²) in [4.78, 5) is 23.3. The van der Waals surface area contributed by atoms with Gasteiger partial charge in [0.1, 0.15) is 0 Å². The number of sulfonamides is 1. The lowest BCUT2D eigenvalue weighted by Crippen LogP contribution is -2.15. The van der Waals surface area contributed by atoms with E-state index in [1.807, 2.05) is 30.3 Å². The second kappa shape index (κ2) is 9.87. The summed E-state index contributed by atoms with van der Waals surface area (Å²) in [6, 6.07) is 21.7. The van der Waals surface area contributed by atoms with Gasteiger partial charge in [-0.15, -0.1) is 0 Å². The van der Waals surface area contributed by atoms with Crippen molar-refractivity contribution in [2.24, 2.45) is 5.14 Å². The Bertz CT molecular complexity index is 1470. The van der Waals surface area contributed by atoms with E-state index in [0.29, 0.717) is 28.1 Å². The smallest absolute Gasteiger partial charge is 0.269 e. The molecule has 0 spiro atoms. The molecule has 0 aliphatic carbocycles. The lowest BCUT2D eigenvalue weighted by Gasteiger charge is -2.07. The van der Waals surface area contributed by atoms with E-state index in [9.17, 15) is 23.3 Å². The second-order valence-corrected chi connectivity index (χ2v) is 9.43. The van der Waals surface area contributed by atoms with Crippen LogP contribution in [-0.4, -0.2) is 29.0 Å². The van der Waals surface area contributed by atoms with Crippen LogP contribution < -0.4 is 10.5 Å². The largest absolute Gasteiger partial charge is 0.326 e. The average molecular weight is 492 g/mol. The van der Waals surface area contributed by atoms with Crippen LogP contribution >= 0.6 is 0 Å². The fourth-order valence-electron chi connectivity index (χ4n) is 3.53. The van der Waals surface area contributed by atoms with Gasteiger partial charge in [-0.25, -0.2) is 18.2 Å². The number of nitro groups is 1. The highest BCUT2D eigenvalue weighted by Crippen LogP contribution is 2.26. The highest BCUT2D eigenvalue weighted by molar-refractivity contribution is 7.88. The van der Waals surface area contributed by atoms with Crippen molar-refractivity contribution in [1.82, 2.24) is 9.78 Å². The van der Waals surface area contributed by atoms with Gasteiger partial charge in [-0.05, 0) is 42.0 Å². The fourth-order valence-corrected chi connectivity index (χ4v) is 4.19. The molecule has 0 radical (unpaired) electrons. The number of aromatic nitrogens is 2.